The van der Waals surface area contributed by atoms with E-state index in [1.807, 2.05) is 54.6 Å². The van der Waals surface area contributed by atoms with Crippen LogP contribution >= 0.6 is 0 Å². The van der Waals surface area contributed by atoms with Crippen molar-refractivity contribution in [2.45, 2.75) is 0 Å². The Hall–Kier alpha value is -3.98. The Morgan fingerprint density at radius 1 is 0.885 bits per heavy atom. The highest BCUT2D eigenvalue weighted by Crippen LogP contribution is 2.25. The zero-order valence-electron chi connectivity index (χ0n) is 13.6. The number of nitriles is 1. The molecule has 2 aromatic carbocycles. The number of hydrogen-bond acceptors (Lipinski definition) is 6. The Balaban J connectivity index is 1.51. The first-order chi connectivity index (χ1) is 12.8. The second-order valence-electron chi connectivity index (χ2n) is 5.49. The molecular formula is C20H13N5O. The van der Waals surface area contributed by atoms with Gasteiger partial charge in [-0.1, -0.05) is 12.1 Å². The monoisotopic (exact) mass is 339 g/mol. The average molecular weight is 339 g/mol. The fraction of sp³-hybridized carbons (Fsp3) is 0. The molecule has 0 unspecified atom stereocenters. The first-order valence-electron chi connectivity index (χ1n) is 7.93. The summed E-state index contributed by atoms with van der Waals surface area (Å²) >= 11 is 0. The van der Waals surface area contributed by atoms with Crippen LogP contribution in [-0.2, 0) is 0 Å². The molecule has 2 heterocycles. The molecule has 0 bridgehead atoms. The van der Waals surface area contributed by atoms with Crippen LogP contribution < -0.4 is 10.1 Å². The van der Waals surface area contributed by atoms with Crippen LogP contribution in [0.1, 0.15) is 5.56 Å². The fourth-order valence-corrected chi connectivity index (χ4v) is 2.47. The SMILES string of the molecule is N#Cc1ccc(Oc2ccc(Nc3ncnc4ccccc34)cc2)nc1. The number of benzene rings is 2. The summed E-state index contributed by atoms with van der Waals surface area (Å²) in [6.45, 7) is 0. The molecule has 6 nitrogen and oxygen atoms in total. The van der Waals surface area contributed by atoms with Crippen LogP contribution in [0, 0.1) is 11.3 Å². The molecule has 0 saturated heterocycles. The van der Waals surface area contributed by atoms with Gasteiger partial charge in [-0.3, -0.25) is 0 Å². The molecule has 0 aliphatic carbocycles. The van der Waals surface area contributed by atoms with Gasteiger partial charge in [-0.25, -0.2) is 15.0 Å². The van der Waals surface area contributed by atoms with Crippen molar-refractivity contribution in [3.63, 3.8) is 0 Å². The number of pyridine rings is 1. The summed E-state index contributed by atoms with van der Waals surface area (Å²) in [5, 5.41) is 13.0. The second-order valence-corrected chi connectivity index (χ2v) is 5.49. The predicted octanol–water partition coefficient (Wildman–Crippen LogP) is 4.43. The highest BCUT2D eigenvalue weighted by atomic mass is 16.5. The molecule has 0 atom stereocenters. The van der Waals surface area contributed by atoms with E-state index in [2.05, 4.69) is 20.3 Å². The van der Waals surface area contributed by atoms with Crippen molar-refractivity contribution in [3.05, 3.63) is 78.8 Å². The molecule has 0 spiro atoms. The van der Waals surface area contributed by atoms with Crippen molar-refractivity contribution < 1.29 is 4.74 Å². The fourth-order valence-electron chi connectivity index (χ4n) is 2.47. The minimum absolute atomic E-state index is 0.437. The van der Waals surface area contributed by atoms with Crippen LogP contribution in [0.5, 0.6) is 11.6 Å². The highest BCUT2D eigenvalue weighted by molar-refractivity contribution is 5.90. The maximum atomic E-state index is 8.79. The lowest BCUT2D eigenvalue weighted by molar-refractivity contribution is 0.463. The Morgan fingerprint density at radius 2 is 1.73 bits per heavy atom. The summed E-state index contributed by atoms with van der Waals surface area (Å²) in [4.78, 5) is 12.7. The molecule has 4 rings (SSSR count). The van der Waals surface area contributed by atoms with E-state index in [0.717, 1.165) is 22.4 Å². The smallest absolute Gasteiger partial charge is 0.219 e. The van der Waals surface area contributed by atoms with Gasteiger partial charge in [0.1, 0.15) is 24.0 Å². The number of para-hydroxylation sites is 1. The molecule has 1 N–H and O–H groups in total. The lowest BCUT2D eigenvalue weighted by atomic mass is 10.2. The van der Waals surface area contributed by atoms with Gasteiger partial charge >= 0.3 is 0 Å². The Bertz CT molecular complexity index is 1080. The zero-order chi connectivity index (χ0) is 17.8. The number of fused-ring (bicyclic) bond motifs is 1. The Morgan fingerprint density at radius 3 is 2.50 bits per heavy atom. The maximum absolute atomic E-state index is 8.79. The normalized spacial score (nSPS) is 10.3. The van der Waals surface area contributed by atoms with E-state index in [9.17, 15) is 0 Å². The van der Waals surface area contributed by atoms with Gasteiger partial charge in [-0.15, -0.1) is 0 Å². The molecule has 26 heavy (non-hydrogen) atoms. The Labute approximate surface area is 149 Å². The van der Waals surface area contributed by atoms with Crippen LogP contribution in [0.25, 0.3) is 10.9 Å². The third kappa shape index (κ3) is 3.28. The van der Waals surface area contributed by atoms with Gasteiger partial charge in [0.2, 0.25) is 5.88 Å². The summed E-state index contributed by atoms with van der Waals surface area (Å²) < 4.78 is 5.68. The van der Waals surface area contributed by atoms with Crippen molar-refractivity contribution in [1.29, 1.82) is 5.26 Å². The summed E-state index contributed by atoms with van der Waals surface area (Å²) in [7, 11) is 0. The molecule has 0 fully saturated rings. The van der Waals surface area contributed by atoms with E-state index in [1.165, 1.54) is 6.20 Å². The number of nitrogens with zero attached hydrogens (tertiary/aromatic N) is 4. The lowest BCUT2D eigenvalue weighted by Crippen LogP contribution is -1.96. The second kappa shape index (κ2) is 6.87. The van der Waals surface area contributed by atoms with Gasteiger partial charge in [-0.05, 0) is 42.5 Å². The molecule has 4 aromatic rings. The van der Waals surface area contributed by atoms with Crippen molar-refractivity contribution in [3.8, 4) is 17.7 Å². The van der Waals surface area contributed by atoms with Crippen LogP contribution in [-0.4, -0.2) is 15.0 Å². The predicted molar refractivity (Wildman–Crippen MR) is 98.3 cm³/mol. The van der Waals surface area contributed by atoms with Crippen LogP contribution in [0.2, 0.25) is 0 Å². The first-order valence-corrected chi connectivity index (χ1v) is 7.93. The lowest BCUT2D eigenvalue weighted by Gasteiger charge is -2.09. The van der Waals surface area contributed by atoms with E-state index in [1.54, 1.807) is 18.5 Å². The number of anilines is 2. The number of ether oxygens (including phenoxy) is 1. The van der Waals surface area contributed by atoms with E-state index in [4.69, 9.17) is 10.00 Å². The highest BCUT2D eigenvalue weighted by Gasteiger charge is 2.04. The number of nitrogens with one attached hydrogen (secondary N) is 1. The molecule has 0 aliphatic heterocycles. The van der Waals surface area contributed by atoms with E-state index in [-0.39, 0.29) is 0 Å². The van der Waals surface area contributed by atoms with Crippen molar-refractivity contribution in [2.24, 2.45) is 0 Å². The van der Waals surface area contributed by atoms with Crippen molar-refractivity contribution >= 4 is 22.4 Å². The standard InChI is InChI=1S/C20H13N5O/c21-11-14-5-10-19(22-12-14)26-16-8-6-15(7-9-16)25-20-17-3-1-2-4-18(17)23-13-24-20/h1-10,12-13H,(H,23,24,25). The van der Waals surface area contributed by atoms with Gasteiger partial charge in [0.25, 0.3) is 0 Å². The minimum Gasteiger partial charge on any atom is -0.439 e. The third-order valence-electron chi connectivity index (χ3n) is 3.75. The van der Waals surface area contributed by atoms with Crippen LogP contribution in [0.3, 0.4) is 0 Å². The third-order valence-corrected chi connectivity index (χ3v) is 3.75. The van der Waals surface area contributed by atoms with Gasteiger partial charge in [-0.2, -0.15) is 5.26 Å². The number of aromatic nitrogens is 3. The molecular weight excluding hydrogens is 326 g/mol. The quantitative estimate of drug-likeness (QED) is 0.592. The van der Waals surface area contributed by atoms with E-state index in [0.29, 0.717) is 17.2 Å². The molecule has 124 valence electrons. The maximum Gasteiger partial charge on any atom is 0.219 e. The molecule has 0 amide bonds. The molecule has 0 saturated carbocycles. The largest absolute Gasteiger partial charge is 0.439 e. The van der Waals surface area contributed by atoms with Gasteiger partial charge < -0.3 is 10.1 Å². The summed E-state index contributed by atoms with van der Waals surface area (Å²) in [5.41, 5.74) is 2.26. The summed E-state index contributed by atoms with van der Waals surface area (Å²) in [5.74, 6) is 1.84. The van der Waals surface area contributed by atoms with Gasteiger partial charge in [0.05, 0.1) is 11.1 Å². The summed E-state index contributed by atoms with van der Waals surface area (Å²) in [6.07, 6.45) is 3.02. The van der Waals surface area contributed by atoms with Crippen molar-refractivity contribution in [2.75, 3.05) is 5.32 Å². The van der Waals surface area contributed by atoms with Gasteiger partial charge in [0, 0.05) is 23.3 Å². The molecule has 2 aromatic heterocycles. The number of hydrogen-bond donors (Lipinski definition) is 1. The molecule has 6 heteroatoms. The molecule has 0 aliphatic rings. The number of rotatable bonds is 4. The zero-order valence-corrected chi connectivity index (χ0v) is 13.6. The molecule has 0 radical (unpaired) electrons. The van der Waals surface area contributed by atoms with E-state index < -0.39 is 0 Å². The van der Waals surface area contributed by atoms with Crippen LogP contribution in [0.4, 0.5) is 11.5 Å². The van der Waals surface area contributed by atoms with E-state index >= 15 is 0 Å². The van der Waals surface area contributed by atoms with Crippen LogP contribution in [0.15, 0.2) is 73.2 Å². The topological polar surface area (TPSA) is 83.7 Å². The Kier molecular flexibility index (Phi) is 4.11. The summed E-state index contributed by atoms with van der Waals surface area (Å²) in [6, 6.07) is 20.7. The first kappa shape index (κ1) is 15.5. The van der Waals surface area contributed by atoms with Crippen molar-refractivity contribution in [1.82, 2.24) is 15.0 Å². The minimum atomic E-state index is 0.437. The average Bonchev–Trinajstić information content (AvgIpc) is 2.70. The van der Waals surface area contributed by atoms with Gasteiger partial charge in [0.15, 0.2) is 0 Å².